The molecule has 0 saturated heterocycles. The van der Waals surface area contributed by atoms with Gasteiger partial charge in [-0.2, -0.15) is 0 Å². The second-order valence-electron chi connectivity index (χ2n) is 57.6. The molecule has 0 aromatic rings. The lowest BCUT2D eigenvalue weighted by molar-refractivity contribution is -0.134. The molecule has 2 atom stereocenters. The molecule has 141 heavy (non-hydrogen) atoms. The Bertz CT molecular complexity index is 3350. The number of carbonyl (C=O) groups excluding carboxylic acids is 14. The van der Waals surface area contributed by atoms with Crippen LogP contribution in [-0.2, 0) is 67.1 Å². The standard InChI is InChI=1S/C13H26O.C11H20O.C10H18O.C10H20O.C9H16O.4C9H18O.C8H14O.2C8H16O.2C7H14O/c1-5-6-7-8-9-10-11-12(14)13(2,3)4;1-11(2,3)10(12)9-7-5-4-6-8-9;1-10(2,3)9(11)8-6-4-5-7-8;1-7(2)8(3)9(11)10(4,5)6;1-9(2,3)8(10)7-5-4-6-7;1-8(2,3)7(10)9(4,5)6;1-7(2)6-8(10)9(3,4)5;1-6-7(2)8(10)9(3,4)5;1-5-6-7-8(10)9(2,3)4;1-8(2,3)7(9)6-4-5-6;1-6(2)7(9)8(3,4)5;1-5-6-7(9)8(2,3)4;2*1-5-6(8)7(2,3)4/h5-11H2,1-4H3;9H,4-8H2,1-3H3;8H,4-7H2,1-3H3;7-8H,1-6H3;7H,4-6H2,1-3H3;1-6H3;2*7H,6H2,1-5H3;5-7H2,1-4H3;6H,4-5H2,1-3H3;6H,1-5H3;5-6H2,1-4H3;2*5H2,1-4H3. The van der Waals surface area contributed by atoms with Crippen LogP contribution in [-0.4, -0.2) is 81.0 Å². The smallest absolute Gasteiger partial charge is 0.143 e. The molecule has 0 bridgehead atoms. The largest absolute Gasteiger partial charge is 0.299 e. The van der Waals surface area contributed by atoms with Gasteiger partial charge in [0, 0.05) is 161 Å². The summed E-state index contributed by atoms with van der Waals surface area (Å²) in [5.41, 5.74) is -2.13. The zero-order chi connectivity index (χ0) is 115. The number of unbranched alkanes of at least 4 members (excludes halogenated alkanes) is 6. The number of hydrogen-bond donors (Lipinski definition) is 0. The fraction of sp³-hybridized carbons (Fsp3) is 0.890. The topological polar surface area (TPSA) is 239 Å². The molecule has 4 aliphatic carbocycles. The summed E-state index contributed by atoms with van der Waals surface area (Å²) in [4.78, 5) is 159. The van der Waals surface area contributed by atoms with E-state index in [1.54, 1.807) is 0 Å². The molecule has 4 saturated carbocycles. The number of hydrogen-bond acceptors (Lipinski definition) is 14. The Morgan fingerprint density at radius 2 is 0.461 bits per heavy atom. The molecule has 0 spiro atoms. The summed E-state index contributed by atoms with van der Waals surface area (Å²) in [5.74, 6) is 8.54. The molecule has 0 aromatic heterocycles. The highest BCUT2D eigenvalue weighted by Crippen LogP contribution is 2.39. The first-order valence-electron chi connectivity index (χ1n) is 56.0. The van der Waals surface area contributed by atoms with E-state index in [4.69, 9.17) is 0 Å². The van der Waals surface area contributed by atoms with Gasteiger partial charge < -0.3 is 0 Å². The van der Waals surface area contributed by atoms with E-state index in [9.17, 15) is 67.1 Å². The van der Waals surface area contributed by atoms with Crippen LogP contribution >= 0.6 is 0 Å². The third kappa shape index (κ3) is 87.0. The van der Waals surface area contributed by atoms with Gasteiger partial charge in [-0.1, -0.05) is 486 Å². The first kappa shape index (κ1) is 156. The molecule has 0 radical (unpaired) electrons. The van der Waals surface area contributed by atoms with Crippen molar-refractivity contribution in [3.8, 4) is 0 Å². The molecule has 0 heterocycles. The predicted molar refractivity (Wildman–Crippen MR) is 611 cm³/mol. The maximum Gasteiger partial charge on any atom is 0.143 e. The van der Waals surface area contributed by atoms with Crippen molar-refractivity contribution in [1.29, 1.82) is 0 Å². The molecule has 0 aromatic carbocycles. The Morgan fingerprint density at radius 3 is 0.596 bits per heavy atom. The molecule has 4 rings (SSSR count). The molecule has 4 fully saturated rings. The Hall–Kier alpha value is -4.62. The van der Waals surface area contributed by atoms with Gasteiger partial charge in [0.1, 0.15) is 81.0 Å². The van der Waals surface area contributed by atoms with E-state index in [0.29, 0.717) is 136 Å². The van der Waals surface area contributed by atoms with E-state index >= 15 is 0 Å². The Balaban J connectivity index is -0.000000164. The Kier molecular flexibility index (Phi) is 79.8. The molecule has 2 unspecified atom stereocenters. The van der Waals surface area contributed by atoms with Crippen molar-refractivity contribution in [3.05, 3.63) is 0 Å². The summed E-state index contributed by atoms with van der Waals surface area (Å²) < 4.78 is 0. The van der Waals surface area contributed by atoms with E-state index < -0.39 is 0 Å². The van der Waals surface area contributed by atoms with Crippen LogP contribution in [0, 0.1) is 134 Å². The maximum atomic E-state index is 11.8. The Labute approximate surface area is 878 Å². The third-order valence-corrected chi connectivity index (χ3v) is 24.9. The van der Waals surface area contributed by atoms with E-state index in [1.807, 2.05) is 367 Å². The number of Topliss-reactive ketones (excluding diaryl/α,β-unsaturated/α-hetero) is 14. The second-order valence-corrected chi connectivity index (χ2v) is 57.6. The lowest BCUT2D eigenvalue weighted by atomic mass is 9.73. The van der Waals surface area contributed by atoms with Gasteiger partial charge in [-0.05, 0) is 88.9 Å². The van der Waals surface area contributed by atoms with Crippen LogP contribution in [0.25, 0.3) is 0 Å². The highest BCUT2D eigenvalue weighted by atomic mass is 16.2. The van der Waals surface area contributed by atoms with Gasteiger partial charge in [-0.3, -0.25) is 67.1 Å². The lowest BCUT2D eigenvalue weighted by Gasteiger charge is -2.30. The molecule has 0 N–H and O–H groups in total. The summed E-state index contributed by atoms with van der Waals surface area (Å²) in [6.07, 6.45) is 32.6. The van der Waals surface area contributed by atoms with Crippen LogP contribution in [0.2, 0.25) is 0 Å². The van der Waals surface area contributed by atoms with Crippen LogP contribution in [0.3, 0.4) is 0 Å². The van der Waals surface area contributed by atoms with Gasteiger partial charge in [-0.15, -0.1) is 0 Å². The number of carbonyl (C=O) groups is 14. The van der Waals surface area contributed by atoms with Gasteiger partial charge in [0.25, 0.3) is 0 Å². The first-order chi connectivity index (χ1) is 62.5. The van der Waals surface area contributed by atoms with Gasteiger partial charge in [0.15, 0.2) is 0 Å². The SMILES string of the molecule is CC(C)(C)C(=O)C(C)(C)C.CC(C)(C)C(=O)C1CC1.CC(C)(C)C(=O)C1CCC1.CC(C)(C)C(=O)C1CCCC1.CC(C)(C)C(=O)C1CCCCC1.CC(C)C(=O)C(C)(C)C.CC(C)C(C)C(=O)C(C)(C)C.CC(C)CC(=O)C(C)(C)C.CCC(=O)C(C)(C)C.CCC(=O)C(C)(C)C.CCC(C)C(=O)C(C)(C)C.CCCC(=O)C(C)(C)C.CCCCC(=O)C(C)(C)C.CCCCCCCCC(=O)C(C)(C)C. The predicted octanol–water partition coefficient (Wildman–Crippen LogP) is 37.1. The van der Waals surface area contributed by atoms with Crippen LogP contribution in [0.15, 0.2) is 0 Å². The van der Waals surface area contributed by atoms with Crippen molar-refractivity contribution >= 4 is 81.0 Å². The zero-order valence-electron chi connectivity index (χ0n) is 106. The first-order valence-corrected chi connectivity index (χ1v) is 56.0. The number of ketones is 14. The summed E-state index contributed by atoms with van der Waals surface area (Å²) in [6, 6.07) is 0. The van der Waals surface area contributed by atoms with E-state index in [0.717, 1.165) is 103 Å². The van der Waals surface area contributed by atoms with Gasteiger partial charge >= 0.3 is 0 Å². The highest BCUT2D eigenvalue weighted by Gasteiger charge is 2.39. The minimum atomic E-state index is -0.196. The maximum absolute atomic E-state index is 11.8. The molecule has 838 valence electrons. The fourth-order valence-electron chi connectivity index (χ4n) is 14.4. The quantitative estimate of drug-likeness (QED) is 0.0773. The minimum Gasteiger partial charge on any atom is -0.299 e. The monoisotopic (exact) mass is 2000 g/mol. The van der Waals surface area contributed by atoms with E-state index in [1.165, 1.54) is 70.6 Å². The van der Waals surface area contributed by atoms with Crippen molar-refractivity contribution in [2.45, 2.75) is 601 Å². The molecule has 0 aliphatic heterocycles. The minimum absolute atomic E-state index is 0.0961. The summed E-state index contributed by atoms with van der Waals surface area (Å²) in [6.45, 7) is 117. The van der Waals surface area contributed by atoms with Crippen LogP contribution in [0.4, 0.5) is 0 Å². The fourth-order valence-corrected chi connectivity index (χ4v) is 14.4. The zero-order valence-corrected chi connectivity index (χ0v) is 106. The lowest BCUT2D eigenvalue weighted by Crippen LogP contribution is -2.32. The summed E-state index contributed by atoms with van der Waals surface area (Å²) in [7, 11) is 0. The van der Waals surface area contributed by atoms with Crippen molar-refractivity contribution in [2.24, 2.45) is 134 Å². The van der Waals surface area contributed by atoms with Crippen molar-refractivity contribution < 1.29 is 67.1 Å². The van der Waals surface area contributed by atoms with Crippen molar-refractivity contribution in [1.82, 2.24) is 0 Å². The average molecular weight is 2000 g/mol. The normalized spacial score (nSPS) is 15.0. The molecule has 0 amide bonds. The van der Waals surface area contributed by atoms with Crippen LogP contribution < -0.4 is 0 Å². The molecular weight excluding hydrogens is 1750 g/mol. The van der Waals surface area contributed by atoms with Crippen LogP contribution in [0.5, 0.6) is 0 Å². The average Bonchev–Trinajstić information content (AvgIpc) is 1.75. The Morgan fingerprint density at radius 1 is 0.220 bits per heavy atom. The van der Waals surface area contributed by atoms with Crippen molar-refractivity contribution in [3.63, 3.8) is 0 Å². The van der Waals surface area contributed by atoms with Gasteiger partial charge in [0.2, 0.25) is 0 Å². The summed E-state index contributed by atoms with van der Waals surface area (Å²) in [5, 5.41) is 0. The number of rotatable bonds is 25. The molecule has 14 heteroatoms. The van der Waals surface area contributed by atoms with Crippen molar-refractivity contribution in [2.75, 3.05) is 0 Å². The van der Waals surface area contributed by atoms with Crippen LogP contribution in [0.1, 0.15) is 601 Å². The molecular formula is C127H246O14. The van der Waals surface area contributed by atoms with E-state index in [-0.39, 0.29) is 99.0 Å². The summed E-state index contributed by atoms with van der Waals surface area (Å²) >= 11 is 0. The van der Waals surface area contributed by atoms with Gasteiger partial charge in [0.05, 0.1) is 0 Å². The van der Waals surface area contributed by atoms with E-state index in [2.05, 4.69) is 41.5 Å². The third-order valence-electron chi connectivity index (χ3n) is 24.9. The molecule has 14 nitrogen and oxygen atoms in total. The molecule has 4 aliphatic rings. The highest BCUT2D eigenvalue weighted by molar-refractivity contribution is 5.91. The van der Waals surface area contributed by atoms with Gasteiger partial charge in [-0.25, -0.2) is 0 Å². The second kappa shape index (κ2) is 71.9.